The summed E-state index contributed by atoms with van der Waals surface area (Å²) in [6, 6.07) is 16.4. The zero-order valence-corrected chi connectivity index (χ0v) is 14.2. The lowest BCUT2D eigenvalue weighted by molar-refractivity contribution is -0.116. The first-order valence-electron chi connectivity index (χ1n) is 7.86. The number of hydrogen-bond donors (Lipinski definition) is 1. The Balaban J connectivity index is 1.56. The van der Waals surface area contributed by atoms with E-state index in [-0.39, 0.29) is 5.91 Å². The maximum absolute atomic E-state index is 12.1. The predicted molar refractivity (Wildman–Crippen MR) is 97.1 cm³/mol. The molecule has 1 N–H and O–H groups in total. The van der Waals surface area contributed by atoms with Crippen LogP contribution in [0.3, 0.4) is 0 Å². The van der Waals surface area contributed by atoms with E-state index in [1.165, 1.54) is 22.5 Å². The molecule has 0 atom stereocenters. The molecule has 0 spiro atoms. The van der Waals surface area contributed by atoms with Gasteiger partial charge in [-0.2, -0.15) is 0 Å². The van der Waals surface area contributed by atoms with E-state index in [9.17, 15) is 4.79 Å². The number of aryl methyl sites for hydroxylation is 1. The molecule has 0 aliphatic rings. The molecule has 118 valence electrons. The fourth-order valence-electron chi connectivity index (χ4n) is 2.43. The molecule has 1 aromatic heterocycles. The molecule has 3 nitrogen and oxygen atoms in total. The Kier molecular flexibility index (Phi) is 4.72. The van der Waals surface area contributed by atoms with Crippen LogP contribution in [0.2, 0.25) is 0 Å². The standard InChI is InChI=1S/C19H20N2OS/c1-13(2)15-10-7-14(8-11-15)9-12-18(22)21-19-20-16-5-3-4-6-17(16)23-19/h3-8,10-11,13H,9,12H2,1-2H3,(H,20,21,22). The summed E-state index contributed by atoms with van der Waals surface area (Å²) >= 11 is 1.51. The highest BCUT2D eigenvalue weighted by atomic mass is 32.1. The molecule has 0 bridgehead atoms. The molecular formula is C19H20N2OS. The van der Waals surface area contributed by atoms with Gasteiger partial charge in [0.15, 0.2) is 5.13 Å². The van der Waals surface area contributed by atoms with Crippen LogP contribution in [0, 0.1) is 0 Å². The quantitative estimate of drug-likeness (QED) is 0.718. The van der Waals surface area contributed by atoms with Gasteiger partial charge in [0, 0.05) is 6.42 Å². The number of nitrogens with one attached hydrogen (secondary N) is 1. The molecular weight excluding hydrogens is 304 g/mol. The van der Waals surface area contributed by atoms with Gasteiger partial charge in [0.1, 0.15) is 0 Å². The topological polar surface area (TPSA) is 42.0 Å². The van der Waals surface area contributed by atoms with Gasteiger partial charge < -0.3 is 5.32 Å². The fraction of sp³-hybridized carbons (Fsp3) is 0.263. The van der Waals surface area contributed by atoms with Crippen molar-refractivity contribution in [3.05, 3.63) is 59.7 Å². The molecule has 0 radical (unpaired) electrons. The average molecular weight is 324 g/mol. The van der Waals surface area contributed by atoms with Gasteiger partial charge in [0.05, 0.1) is 10.2 Å². The minimum Gasteiger partial charge on any atom is -0.302 e. The summed E-state index contributed by atoms with van der Waals surface area (Å²) in [5.41, 5.74) is 3.44. The summed E-state index contributed by atoms with van der Waals surface area (Å²) in [4.78, 5) is 16.5. The predicted octanol–water partition coefficient (Wildman–Crippen LogP) is 4.99. The van der Waals surface area contributed by atoms with E-state index in [0.717, 1.165) is 16.6 Å². The Labute approximate surface area is 140 Å². The third-order valence-electron chi connectivity index (χ3n) is 3.83. The van der Waals surface area contributed by atoms with E-state index in [0.29, 0.717) is 17.5 Å². The lowest BCUT2D eigenvalue weighted by atomic mass is 10.0. The van der Waals surface area contributed by atoms with Crippen LogP contribution in [-0.4, -0.2) is 10.9 Å². The highest BCUT2D eigenvalue weighted by molar-refractivity contribution is 7.22. The normalized spacial score (nSPS) is 11.1. The number of carbonyl (C=O) groups excluding carboxylic acids is 1. The van der Waals surface area contributed by atoms with Gasteiger partial charge in [-0.3, -0.25) is 4.79 Å². The number of thiazole rings is 1. The van der Waals surface area contributed by atoms with Crippen molar-refractivity contribution in [2.24, 2.45) is 0 Å². The van der Waals surface area contributed by atoms with Crippen LogP contribution in [0.1, 0.15) is 37.3 Å². The second kappa shape index (κ2) is 6.92. The number of para-hydroxylation sites is 1. The first-order valence-corrected chi connectivity index (χ1v) is 8.68. The van der Waals surface area contributed by atoms with E-state index in [1.54, 1.807) is 0 Å². The van der Waals surface area contributed by atoms with E-state index < -0.39 is 0 Å². The largest absolute Gasteiger partial charge is 0.302 e. The monoisotopic (exact) mass is 324 g/mol. The van der Waals surface area contributed by atoms with Crippen LogP contribution in [0.4, 0.5) is 5.13 Å². The first kappa shape index (κ1) is 15.7. The minimum atomic E-state index is 0.0111. The van der Waals surface area contributed by atoms with Gasteiger partial charge in [-0.15, -0.1) is 0 Å². The Morgan fingerprint density at radius 1 is 1.13 bits per heavy atom. The Bertz CT molecular complexity index is 773. The molecule has 0 fully saturated rings. The third kappa shape index (κ3) is 3.96. The number of fused-ring (bicyclic) bond motifs is 1. The Morgan fingerprint density at radius 3 is 2.57 bits per heavy atom. The summed E-state index contributed by atoms with van der Waals surface area (Å²) in [5, 5.41) is 3.57. The Morgan fingerprint density at radius 2 is 1.87 bits per heavy atom. The molecule has 0 saturated heterocycles. The second-order valence-corrected chi connectivity index (χ2v) is 6.96. The van der Waals surface area contributed by atoms with Crippen molar-refractivity contribution in [2.45, 2.75) is 32.6 Å². The lowest BCUT2D eigenvalue weighted by Gasteiger charge is -2.07. The number of aromatic nitrogens is 1. The molecule has 0 unspecified atom stereocenters. The van der Waals surface area contributed by atoms with Gasteiger partial charge in [-0.25, -0.2) is 4.98 Å². The highest BCUT2D eigenvalue weighted by Gasteiger charge is 2.08. The average Bonchev–Trinajstić information content (AvgIpc) is 2.95. The molecule has 1 amide bonds. The molecule has 0 saturated carbocycles. The molecule has 0 aliphatic heterocycles. The number of carbonyl (C=O) groups is 1. The fourth-order valence-corrected chi connectivity index (χ4v) is 3.32. The first-order chi connectivity index (χ1) is 11.1. The van der Waals surface area contributed by atoms with E-state index in [2.05, 4.69) is 48.4 Å². The van der Waals surface area contributed by atoms with Crippen molar-refractivity contribution in [2.75, 3.05) is 5.32 Å². The zero-order valence-electron chi connectivity index (χ0n) is 13.4. The van der Waals surface area contributed by atoms with Crippen molar-refractivity contribution in [3.8, 4) is 0 Å². The van der Waals surface area contributed by atoms with Crippen molar-refractivity contribution in [3.63, 3.8) is 0 Å². The number of rotatable bonds is 5. The van der Waals surface area contributed by atoms with Gasteiger partial charge in [0.25, 0.3) is 0 Å². The van der Waals surface area contributed by atoms with Crippen molar-refractivity contribution in [1.29, 1.82) is 0 Å². The van der Waals surface area contributed by atoms with Gasteiger partial charge in [-0.1, -0.05) is 61.6 Å². The van der Waals surface area contributed by atoms with Gasteiger partial charge in [0.2, 0.25) is 5.91 Å². The second-order valence-electron chi connectivity index (χ2n) is 5.93. The van der Waals surface area contributed by atoms with Crippen molar-refractivity contribution >= 4 is 32.6 Å². The summed E-state index contributed by atoms with van der Waals surface area (Å²) in [7, 11) is 0. The molecule has 3 rings (SSSR count). The van der Waals surface area contributed by atoms with Gasteiger partial charge >= 0.3 is 0 Å². The smallest absolute Gasteiger partial charge is 0.226 e. The minimum absolute atomic E-state index is 0.0111. The maximum Gasteiger partial charge on any atom is 0.226 e. The molecule has 1 heterocycles. The van der Waals surface area contributed by atoms with Crippen LogP contribution >= 0.6 is 11.3 Å². The number of benzene rings is 2. The summed E-state index contributed by atoms with van der Waals surface area (Å²) < 4.78 is 1.09. The maximum atomic E-state index is 12.1. The van der Waals surface area contributed by atoms with Crippen molar-refractivity contribution < 1.29 is 4.79 Å². The number of nitrogens with zero attached hydrogens (tertiary/aromatic N) is 1. The zero-order chi connectivity index (χ0) is 16.2. The third-order valence-corrected chi connectivity index (χ3v) is 4.78. The summed E-state index contributed by atoms with van der Waals surface area (Å²) in [6.45, 7) is 4.36. The molecule has 0 aliphatic carbocycles. The summed E-state index contributed by atoms with van der Waals surface area (Å²) in [5.74, 6) is 0.545. The van der Waals surface area contributed by atoms with Crippen LogP contribution < -0.4 is 5.32 Å². The van der Waals surface area contributed by atoms with E-state index in [4.69, 9.17) is 0 Å². The van der Waals surface area contributed by atoms with Crippen LogP contribution in [0.15, 0.2) is 48.5 Å². The molecule has 23 heavy (non-hydrogen) atoms. The molecule has 4 heteroatoms. The van der Waals surface area contributed by atoms with Crippen LogP contribution in [-0.2, 0) is 11.2 Å². The van der Waals surface area contributed by atoms with Crippen molar-refractivity contribution in [1.82, 2.24) is 4.98 Å². The number of anilines is 1. The van der Waals surface area contributed by atoms with E-state index >= 15 is 0 Å². The Hall–Kier alpha value is -2.20. The number of hydrogen-bond acceptors (Lipinski definition) is 3. The molecule has 2 aromatic carbocycles. The highest BCUT2D eigenvalue weighted by Crippen LogP contribution is 2.25. The van der Waals surface area contributed by atoms with Gasteiger partial charge in [-0.05, 0) is 35.6 Å². The summed E-state index contributed by atoms with van der Waals surface area (Å²) in [6.07, 6.45) is 1.21. The number of amides is 1. The van der Waals surface area contributed by atoms with Crippen LogP contribution in [0.5, 0.6) is 0 Å². The van der Waals surface area contributed by atoms with E-state index in [1.807, 2.05) is 24.3 Å². The lowest BCUT2D eigenvalue weighted by Crippen LogP contribution is -2.12. The van der Waals surface area contributed by atoms with Crippen LogP contribution in [0.25, 0.3) is 10.2 Å². The SMILES string of the molecule is CC(C)c1ccc(CCC(=O)Nc2nc3ccccc3s2)cc1. The molecule has 3 aromatic rings.